The minimum absolute atomic E-state index is 0.620. The maximum Gasteiger partial charge on any atom is 0.235 e. The van der Waals surface area contributed by atoms with Crippen molar-refractivity contribution < 1.29 is 0 Å². The molecule has 0 atom stereocenters. The molecule has 0 aliphatic rings. The summed E-state index contributed by atoms with van der Waals surface area (Å²) in [5.41, 5.74) is 12.7. The lowest BCUT2D eigenvalue weighted by atomic mass is 9.97. The van der Waals surface area contributed by atoms with Crippen LogP contribution in [0, 0.1) is 0 Å². The van der Waals surface area contributed by atoms with Gasteiger partial charge in [-0.05, 0) is 58.7 Å². The summed E-state index contributed by atoms with van der Waals surface area (Å²) in [5.74, 6) is 0.620. The van der Waals surface area contributed by atoms with Gasteiger partial charge in [0.1, 0.15) is 0 Å². The molecule has 0 fully saturated rings. The monoisotopic (exact) mass is 732 g/mol. The lowest BCUT2D eigenvalue weighted by molar-refractivity contribution is 0.996. The Labute approximate surface area is 327 Å². The van der Waals surface area contributed by atoms with Crippen LogP contribution in [0.15, 0.2) is 194 Å². The van der Waals surface area contributed by atoms with Crippen LogP contribution in [-0.2, 0) is 0 Å². The van der Waals surface area contributed by atoms with Crippen LogP contribution in [0.25, 0.3) is 104 Å². The first-order valence-corrected chi connectivity index (χ1v) is 19.6. The van der Waals surface area contributed by atoms with Crippen LogP contribution in [0.4, 0.5) is 0 Å². The van der Waals surface area contributed by atoms with Crippen molar-refractivity contribution in [1.82, 2.24) is 19.5 Å². The molecular weight excluding hydrogens is 701 g/mol. The van der Waals surface area contributed by atoms with E-state index in [4.69, 9.17) is 15.0 Å². The molecular formula is C51H32N4S. The summed E-state index contributed by atoms with van der Waals surface area (Å²) in [6.45, 7) is 0. The minimum Gasteiger partial charge on any atom is -0.278 e. The van der Waals surface area contributed by atoms with Gasteiger partial charge in [0.15, 0.2) is 0 Å². The van der Waals surface area contributed by atoms with E-state index in [-0.39, 0.29) is 0 Å². The van der Waals surface area contributed by atoms with Gasteiger partial charge in [0.25, 0.3) is 0 Å². The van der Waals surface area contributed by atoms with Crippen LogP contribution in [0.2, 0.25) is 0 Å². The molecule has 0 saturated carbocycles. The van der Waals surface area contributed by atoms with Gasteiger partial charge in [-0.1, -0.05) is 152 Å². The first-order chi connectivity index (χ1) is 27.8. The molecule has 0 bridgehead atoms. The SMILES string of the molecule is c1ccc(-c2ccc3c(c2)c2c4sc5c(-c6ccccc6)cccc5c4c(-c4ccccn4)cc2n3-c2nc(-c3ccccc3)cc(-c3ccccc3)n2)cc1. The van der Waals surface area contributed by atoms with Gasteiger partial charge in [-0.2, -0.15) is 0 Å². The Morgan fingerprint density at radius 1 is 0.375 bits per heavy atom. The van der Waals surface area contributed by atoms with Crippen molar-refractivity contribution in [3.63, 3.8) is 0 Å². The molecule has 4 nitrogen and oxygen atoms in total. The zero-order chi connectivity index (χ0) is 37.0. The number of hydrogen-bond acceptors (Lipinski definition) is 4. The van der Waals surface area contributed by atoms with Crippen molar-refractivity contribution in [2.75, 3.05) is 0 Å². The Hall–Kier alpha value is -7.21. The summed E-state index contributed by atoms with van der Waals surface area (Å²) in [7, 11) is 0. The van der Waals surface area contributed by atoms with Gasteiger partial charge in [0.05, 0.1) is 28.1 Å². The average molecular weight is 733 g/mol. The highest BCUT2D eigenvalue weighted by molar-refractivity contribution is 7.27. The number of aromatic nitrogens is 4. The fourth-order valence-electron chi connectivity index (χ4n) is 8.10. The standard InChI is InChI=1S/C51H32N4S/c1-5-16-33(17-6-1)37-27-28-45-41(30-37)48-46(55(45)51-53-43(35-20-9-3-10-21-35)32-44(54-51)36-22-11-4-12-23-36)31-40(42-26-13-14-29-52-42)47-39-25-15-24-38(49(39)56-50(47)48)34-18-7-2-8-19-34/h1-32H. The molecule has 56 heavy (non-hydrogen) atoms. The Bertz CT molecular complexity index is 3150. The quantitative estimate of drug-likeness (QED) is 0.171. The lowest BCUT2D eigenvalue weighted by Crippen LogP contribution is -2.04. The predicted octanol–water partition coefficient (Wildman–Crippen LogP) is 13.7. The number of thiophene rings is 1. The summed E-state index contributed by atoms with van der Waals surface area (Å²) < 4.78 is 4.75. The number of pyridine rings is 1. The van der Waals surface area contributed by atoms with Crippen LogP contribution in [-0.4, -0.2) is 19.5 Å². The number of fused-ring (bicyclic) bond motifs is 7. The van der Waals surface area contributed by atoms with Crippen molar-refractivity contribution >= 4 is 53.3 Å². The van der Waals surface area contributed by atoms with Crippen LogP contribution < -0.4 is 0 Å². The van der Waals surface area contributed by atoms with Crippen LogP contribution >= 0.6 is 11.3 Å². The molecule has 7 aromatic carbocycles. The van der Waals surface area contributed by atoms with E-state index in [0.717, 1.165) is 55.8 Å². The Balaban J connectivity index is 1.31. The van der Waals surface area contributed by atoms with E-state index >= 15 is 0 Å². The minimum atomic E-state index is 0.620. The molecule has 262 valence electrons. The van der Waals surface area contributed by atoms with Gasteiger partial charge >= 0.3 is 0 Å². The van der Waals surface area contributed by atoms with Gasteiger partial charge < -0.3 is 0 Å². The Kier molecular flexibility index (Phi) is 7.64. The number of nitrogens with zero attached hydrogens (tertiary/aromatic N) is 4. The maximum absolute atomic E-state index is 5.37. The average Bonchev–Trinajstić information content (AvgIpc) is 3.83. The van der Waals surface area contributed by atoms with Crippen molar-refractivity contribution in [3.8, 4) is 62.0 Å². The molecule has 4 aromatic heterocycles. The molecule has 4 heterocycles. The highest BCUT2D eigenvalue weighted by atomic mass is 32.1. The highest BCUT2D eigenvalue weighted by Crippen LogP contribution is 2.49. The molecule has 0 saturated heterocycles. The van der Waals surface area contributed by atoms with Gasteiger partial charge in [0.2, 0.25) is 5.95 Å². The van der Waals surface area contributed by atoms with Crippen LogP contribution in [0.1, 0.15) is 0 Å². The molecule has 0 aliphatic heterocycles. The molecule has 0 unspecified atom stereocenters. The van der Waals surface area contributed by atoms with Crippen molar-refractivity contribution in [3.05, 3.63) is 194 Å². The van der Waals surface area contributed by atoms with Crippen LogP contribution in [0.5, 0.6) is 0 Å². The van der Waals surface area contributed by atoms with Gasteiger partial charge in [-0.25, -0.2) is 9.97 Å². The molecule has 0 radical (unpaired) electrons. The topological polar surface area (TPSA) is 43.6 Å². The predicted molar refractivity (Wildman–Crippen MR) is 234 cm³/mol. The first kappa shape index (κ1) is 32.2. The smallest absolute Gasteiger partial charge is 0.235 e. The summed E-state index contributed by atoms with van der Waals surface area (Å²) in [6, 6.07) is 66.3. The van der Waals surface area contributed by atoms with Crippen LogP contribution in [0.3, 0.4) is 0 Å². The third-order valence-corrected chi connectivity index (χ3v) is 11.9. The van der Waals surface area contributed by atoms with Gasteiger partial charge in [-0.3, -0.25) is 9.55 Å². The summed E-state index contributed by atoms with van der Waals surface area (Å²) in [4.78, 5) is 15.7. The summed E-state index contributed by atoms with van der Waals surface area (Å²) in [6.07, 6.45) is 1.88. The van der Waals surface area contributed by atoms with E-state index in [2.05, 4.69) is 174 Å². The third kappa shape index (κ3) is 5.32. The zero-order valence-electron chi connectivity index (χ0n) is 30.2. The first-order valence-electron chi connectivity index (χ1n) is 18.8. The molecule has 0 spiro atoms. The van der Waals surface area contributed by atoms with E-state index < -0.39 is 0 Å². The lowest BCUT2D eigenvalue weighted by Gasteiger charge is -2.13. The maximum atomic E-state index is 5.37. The fourth-order valence-corrected chi connectivity index (χ4v) is 9.52. The van der Waals surface area contributed by atoms with Crippen molar-refractivity contribution in [1.29, 1.82) is 0 Å². The fraction of sp³-hybridized carbons (Fsp3) is 0. The zero-order valence-corrected chi connectivity index (χ0v) is 31.0. The van der Waals surface area contributed by atoms with Crippen molar-refractivity contribution in [2.45, 2.75) is 0 Å². The second kappa shape index (κ2) is 13.3. The summed E-state index contributed by atoms with van der Waals surface area (Å²) >= 11 is 1.86. The molecule has 0 N–H and O–H groups in total. The Morgan fingerprint density at radius 3 is 1.64 bits per heavy atom. The normalized spacial score (nSPS) is 11.6. The van der Waals surface area contributed by atoms with Gasteiger partial charge in [0, 0.05) is 53.8 Å². The number of hydrogen-bond donors (Lipinski definition) is 0. The van der Waals surface area contributed by atoms with E-state index in [1.54, 1.807) is 0 Å². The highest BCUT2D eigenvalue weighted by Gasteiger charge is 2.24. The molecule has 11 rings (SSSR count). The van der Waals surface area contributed by atoms with Gasteiger partial charge in [-0.15, -0.1) is 11.3 Å². The largest absolute Gasteiger partial charge is 0.278 e. The second-order valence-electron chi connectivity index (χ2n) is 14.0. The number of benzene rings is 7. The van der Waals surface area contributed by atoms with E-state index in [9.17, 15) is 0 Å². The molecule has 5 heteroatoms. The van der Waals surface area contributed by atoms with E-state index in [1.165, 1.54) is 42.2 Å². The number of rotatable bonds is 6. The Morgan fingerprint density at radius 2 is 1.00 bits per heavy atom. The third-order valence-electron chi connectivity index (χ3n) is 10.7. The molecule has 0 amide bonds. The van der Waals surface area contributed by atoms with E-state index in [0.29, 0.717) is 5.95 Å². The van der Waals surface area contributed by atoms with E-state index in [1.807, 2.05) is 35.7 Å². The molecule has 0 aliphatic carbocycles. The summed E-state index contributed by atoms with van der Waals surface area (Å²) in [5, 5.41) is 4.77. The second-order valence-corrected chi connectivity index (χ2v) is 15.0. The molecule has 11 aromatic rings. The van der Waals surface area contributed by atoms with Crippen molar-refractivity contribution in [2.24, 2.45) is 0 Å².